The average Bonchev–Trinajstić information content (AvgIpc) is 3.88. The van der Waals surface area contributed by atoms with E-state index in [0.29, 0.717) is 0 Å². The van der Waals surface area contributed by atoms with Crippen molar-refractivity contribution in [2.24, 2.45) is 0 Å². The molecule has 0 radical (unpaired) electrons. The number of aromatic amines is 3. The third-order valence-corrected chi connectivity index (χ3v) is 10.0. The van der Waals surface area contributed by atoms with Gasteiger partial charge < -0.3 is 15.0 Å². The highest BCUT2D eigenvalue weighted by molar-refractivity contribution is 5.85. The van der Waals surface area contributed by atoms with Crippen molar-refractivity contribution >= 4 is 43.6 Å². The molecule has 6 nitrogen and oxygen atoms in total. The minimum Gasteiger partial charge on any atom is -0.361 e. The summed E-state index contributed by atoms with van der Waals surface area (Å²) in [5.41, 5.74) is 9.86. The zero-order chi connectivity index (χ0) is 31.7. The van der Waals surface area contributed by atoms with Crippen molar-refractivity contribution in [1.82, 2.24) is 30.0 Å². The molecule has 2 unspecified atom stereocenters. The predicted molar refractivity (Wildman–Crippen MR) is 195 cm³/mol. The van der Waals surface area contributed by atoms with Crippen molar-refractivity contribution in [1.29, 1.82) is 0 Å². The fourth-order valence-corrected chi connectivity index (χ4v) is 7.24. The lowest BCUT2D eigenvalue weighted by Gasteiger charge is -2.31. The van der Waals surface area contributed by atoms with E-state index in [-0.39, 0.29) is 11.8 Å². The summed E-state index contributed by atoms with van der Waals surface area (Å²) in [7, 11) is 4.44. The summed E-state index contributed by atoms with van der Waals surface area (Å²) in [5, 5.41) is 9.76. The summed E-state index contributed by atoms with van der Waals surface area (Å²) in [6.45, 7) is 1.86. The second kappa shape index (κ2) is 12.6. The summed E-state index contributed by atoms with van der Waals surface area (Å²) >= 11 is 0. The SMILES string of the molecule is CN(CCC(c1cnc2ccccc2c1)c1ccc2[nH]ccc2c1)N(C)CCC(c1ccc2[nH]ccc2c1)c1c[nH]c2ccccc12. The monoisotopic (exact) mass is 616 g/mol. The van der Waals surface area contributed by atoms with Crippen LogP contribution in [0.1, 0.15) is 46.9 Å². The Hall–Kier alpha value is -5.17. The number of H-pyrrole nitrogens is 3. The maximum Gasteiger partial charge on any atom is 0.0702 e. The van der Waals surface area contributed by atoms with Gasteiger partial charge in [0.2, 0.25) is 0 Å². The van der Waals surface area contributed by atoms with Crippen molar-refractivity contribution in [2.75, 3.05) is 27.2 Å². The molecule has 0 aliphatic heterocycles. The number of hydrogen-bond acceptors (Lipinski definition) is 3. The first-order valence-electron chi connectivity index (χ1n) is 16.6. The highest BCUT2D eigenvalue weighted by Gasteiger charge is 2.22. The largest absolute Gasteiger partial charge is 0.361 e. The third kappa shape index (κ3) is 5.82. The van der Waals surface area contributed by atoms with Crippen LogP contribution in [-0.2, 0) is 0 Å². The first kappa shape index (κ1) is 29.2. The van der Waals surface area contributed by atoms with Crippen LogP contribution in [0.25, 0.3) is 43.6 Å². The molecule has 0 fully saturated rings. The van der Waals surface area contributed by atoms with Gasteiger partial charge in [0.1, 0.15) is 0 Å². The number of benzene rings is 4. The molecule has 0 saturated heterocycles. The molecule has 0 aliphatic carbocycles. The fraction of sp³-hybridized carbons (Fsp3) is 0.195. The van der Waals surface area contributed by atoms with Crippen LogP contribution in [0, 0.1) is 0 Å². The van der Waals surface area contributed by atoms with Crippen LogP contribution in [0.15, 0.2) is 128 Å². The lowest BCUT2D eigenvalue weighted by atomic mass is 9.87. The van der Waals surface area contributed by atoms with E-state index in [4.69, 9.17) is 4.98 Å². The van der Waals surface area contributed by atoms with Gasteiger partial charge in [0.25, 0.3) is 0 Å². The van der Waals surface area contributed by atoms with Crippen molar-refractivity contribution in [2.45, 2.75) is 24.7 Å². The number of aromatic nitrogens is 4. The fourth-order valence-electron chi connectivity index (χ4n) is 7.24. The first-order valence-corrected chi connectivity index (χ1v) is 16.6. The standard InChI is InChI=1S/C41H40N6/c1-46(21-17-34(28-11-13-39-31(23-28)15-19-42-39)33-25-30-7-3-5-9-38(30)44-26-33)47(2)22-18-35(29-12-14-40-32(24-29)16-20-43-40)37-27-45-41-10-6-4-8-36(37)41/h3-16,19-20,23-27,34-35,42-43,45H,17-18,21-22H2,1-2H3. The van der Waals surface area contributed by atoms with Gasteiger partial charge in [-0.2, -0.15) is 0 Å². The molecule has 3 N–H and O–H groups in total. The van der Waals surface area contributed by atoms with Crippen LogP contribution in [0.2, 0.25) is 0 Å². The Morgan fingerprint density at radius 3 is 1.94 bits per heavy atom. The van der Waals surface area contributed by atoms with Crippen molar-refractivity contribution < 1.29 is 0 Å². The third-order valence-electron chi connectivity index (χ3n) is 10.0. The summed E-state index contributed by atoms with van der Waals surface area (Å²) in [6, 6.07) is 37.4. The van der Waals surface area contributed by atoms with Crippen LogP contribution in [0.5, 0.6) is 0 Å². The molecular formula is C41H40N6. The van der Waals surface area contributed by atoms with Crippen LogP contribution < -0.4 is 0 Å². The lowest BCUT2D eigenvalue weighted by Crippen LogP contribution is -2.39. The topological polar surface area (TPSA) is 66.7 Å². The lowest BCUT2D eigenvalue weighted by molar-refractivity contribution is 0.0233. The van der Waals surface area contributed by atoms with Gasteiger partial charge in [0, 0.05) is 91.1 Å². The van der Waals surface area contributed by atoms with Gasteiger partial charge in [-0.05, 0) is 100 Å². The number of hydrazine groups is 1. The van der Waals surface area contributed by atoms with Crippen LogP contribution in [0.4, 0.5) is 0 Å². The molecule has 6 heteroatoms. The Morgan fingerprint density at radius 1 is 0.574 bits per heavy atom. The Labute approximate surface area is 275 Å². The molecule has 234 valence electrons. The smallest absolute Gasteiger partial charge is 0.0702 e. The number of rotatable bonds is 11. The van der Waals surface area contributed by atoms with Crippen molar-refractivity contribution in [3.63, 3.8) is 0 Å². The van der Waals surface area contributed by atoms with E-state index < -0.39 is 0 Å². The number of fused-ring (bicyclic) bond motifs is 4. The van der Waals surface area contributed by atoms with Gasteiger partial charge in [-0.3, -0.25) is 4.98 Å². The highest BCUT2D eigenvalue weighted by Crippen LogP contribution is 2.35. The zero-order valence-corrected chi connectivity index (χ0v) is 26.9. The second-order valence-corrected chi connectivity index (χ2v) is 12.8. The summed E-state index contributed by atoms with van der Waals surface area (Å²) in [6.07, 6.45) is 10.3. The molecule has 0 saturated carbocycles. The minimum absolute atomic E-state index is 0.231. The molecule has 0 spiro atoms. The number of pyridine rings is 1. The Kier molecular flexibility index (Phi) is 7.81. The summed E-state index contributed by atoms with van der Waals surface area (Å²) in [5.74, 6) is 0.500. The first-order chi connectivity index (χ1) is 23.1. The minimum atomic E-state index is 0.231. The van der Waals surface area contributed by atoms with E-state index in [2.05, 4.69) is 155 Å². The normalized spacial score (nSPS) is 13.4. The molecule has 4 aromatic carbocycles. The van der Waals surface area contributed by atoms with Gasteiger partial charge in [-0.15, -0.1) is 0 Å². The Bertz CT molecular complexity index is 2290. The number of nitrogens with one attached hydrogen (secondary N) is 3. The number of nitrogens with zero attached hydrogens (tertiary/aromatic N) is 3. The van der Waals surface area contributed by atoms with Gasteiger partial charge in [0.05, 0.1) is 5.52 Å². The second-order valence-electron chi connectivity index (χ2n) is 12.8. The van der Waals surface area contributed by atoms with Crippen molar-refractivity contribution in [3.8, 4) is 0 Å². The molecule has 4 heterocycles. The van der Waals surface area contributed by atoms with E-state index in [9.17, 15) is 0 Å². The van der Waals surface area contributed by atoms with Gasteiger partial charge in [-0.1, -0.05) is 48.5 Å². The van der Waals surface area contributed by atoms with Crippen molar-refractivity contribution in [3.05, 3.63) is 150 Å². The van der Waals surface area contributed by atoms with E-state index in [1.165, 1.54) is 60.3 Å². The quantitative estimate of drug-likeness (QED) is 0.127. The number of para-hydroxylation sites is 2. The van der Waals surface area contributed by atoms with Gasteiger partial charge in [0.15, 0.2) is 0 Å². The molecule has 0 aliphatic rings. The summed E-state index contributed by atoms with van der Waals surface area (Å²) < 4.78 is 0. The summed E-state index contributed by atoms with van der Waals surface area (Å²) in [4.78, 5) is 15.1. The van der Waals surface area contributed by atoms with Gasteiger partial charge in [-0.25, -0.2) is 10.0 Å². The molecular weight excluding hydrogens is 576 g/mol. The van der Waals surface area contributed by atoms with E-state index in [0.717, 1.165) is 31.4 Å². The molecule has 0 amide bonds. The number of hydrogen-bond donors (Lipinski definition) is 3. The van der Waals surface area contributed by atoms with E-state index in [1.807, 2.05) is 12.4 Å². The molecule has 47 heavy (non-hydrogen) atoms. The Morgan fingerprint density at radius 2 is 1.19 bits per heavy atom. The van der Waals surface area contributed by atoms with Gasteiger partial charge >= 0.3 is 0 Å². The average molecular weight is 617 g/mol. The van der Waals surface area contributed by atoms with E-state index >= 15 is 0 Å². The molecule has 2 atom stereocenters. The molecule has 8 aromatic rings. The van der Waals surface area contributed by atoms with Crippen LogP contribution in [0.3, 0.4) is 0 Å². The maximum absolute atomic E-state index is 4.85. The van der Waals surface area contributed by atoms with Crippen LogP contribution >= 0.6 is 0 Å². The molecule has 8 rings (SSSR count). The zero-order valence-electron chi connectivity index (χ0n) is 26.9. The molecule has 0 bridgehead atoms. The predicted octanol–water partition coefficient (Wildman–Crippen LogP) is 9.20. The van der Waals surface area contributed by atoms with Crippen LogP contribution in [-0.4, -0.2) is 57.1 Å². The Balaban J connectivity index is 1.03. The highest BCUT2D eigenvalue weighted by atomic mass is 15.6. The maximum atomic E-state index is 4.85. The molecule has 4 aromatic heterocycles. The van der Waals surface area contributed by atoms with E-state index in [1.54, 1.807) is 0 Å².